The quantitative estimate of drug-likeness (QED) is 0.778. The molecule has 0 fully saturated rings. The summed E-state index contributed by atoms with van der Waals surface area (Å²) < 4.78 is 11.1. The highest BCUT2D eigenvalue weighted by molar-refractivity contribution is 9.10. The fourth-order valence-corrected chi connectivity index (χ4v) is 1.92. The second kappa shape index (κ2) is 5.89. The van der Waals surface area contributed by atoms with Gasteiger partial charge in [-0.05, 0) is 34.5 Å². The molecule has 1 aromatic carbocycles. The first-order chi connectivity index (χ1) is 7.63. The topological polar surface area (TPSA) is 35.5 Å². The van der Waals surface area contributed by atoms with Crippen molar-refractivity contribution in [2.24, 2.45) is 0 Å². The van der Waals surface area contributed by atoms with Crippen molar-refractivity contribution in [1.29, 1.82) is 0 Å². The summed E-state index contributed by atoms with van der Waals surface area (Å²) in [6, 6.07) is 3.46. The van der Waals surface area contributed by atoms with Crippen LogP contribution in [0.5, 0.6) is 11.5 Å². The lowest BCUT2D eigenvalue weighted by atomic mass is 10.1. The Bertz CT molecular complexity index is 388. The van der Waals surface area contributed by atoms with Gasteiger partial charge in [-0.25, -0.2) is 0 Å². The zero-order chi connectivity index (χ0) is 12.1. The van der Waals surface area contributed by atoms with Gasteiger partial charge in [-0.15, -0.1) is 0 Å². The molecular formula is C12H15BrO3. The molecule has 0 saturated carbocycles. The third-order valence-electron chi connectivity index (χ3n) is 2.25. The first-order valence-electron chi connectivity index (χ1n) is 5.08. The number of benzene rings is 1. The van der Waals surface area contributed by atoms with Gasteiger partial charge < -0.3 is 9.47 Å². The van der Waals surface area contributed by atoms with Gasteiger partial charge >= 0.3 is 0 Å². The van der Waals surface area contributed by atoms with Gasteiger partial charge in [0, 0.05) is 6.42 Å². The molecule has 0 unspecified atom stereocenters. The van der Waals surface area contributed by atoms with Crippen LogP contribution in [0.25, 0.3) is 0 Å². The molecule has 0 radical (unpaired) electrons. The number of Topliss-reactive ketones (excluding diaryl/α,β-unsaturated/α-hetero) is 1. The average molecular weight is 287 g/mol. The molecule has 0 atom stereocenters. The number of ether oxygens (including phenoxy) is 2. The molecule has 16 heavy (non-hydrogen) atoms. The van der Waals surface area contributed by atoms with Crippen LogP contribution in [-0.4, -0.2) is 20.0 Å². The lowest BCUT2D eigenvalue weighted by Crippen LogP contribution is -2.02. The van der Waals surface area contributed by atoms with E-state index in [1.54, 1.807) is 26.4 Å². The molecule has 0 aliphatic carbocycles. The molecule has 88 valence electrons. The van der Waals surface area contributed by atoms with E-state index < -0.39 is 0 Å². The Morgan fingerprint density at radius 3 is 2.38 bits per heavy atom. The van der Waals surface area contributed by atoms with Gasteiger partial charge in [0.25, 0.3) is 0 Å². The van der Waals surface area contributed by atoms with E-state index in [0.717, 1.165) is 10.9 Å². The zero-order valence-electron chi connectivity index (χ0n) is 9.67. The van der Waals surface area contributed by atoms with Crippen LogP contribution in [0.2, 0.25) is 0 Å². The molecule has 0 aliphatic rings. The Morgan fingerprint density at radius 1 is 1.25 bits per heavy atom. The van der Waals surface area contributed by atoms with Crippen LogP contribution in [-0.2, 0) is 0 Å². The second-order valence-corrected chi connectivity index (χ2v) is 4.21. The molecule has 1 rings (SSSR count). The van der Waals surface area contributed by atoms with Crippen LogP contribution < -0.4 is 9.47 Å². The maximum absolute atomic E-state index is 11.9. The largest absolute Gasteiger partial charge is 0.496 e. The van der Waals surface area contributed by atoms with Crippen molar-refractivity contribution < 1.29 is 14.3 Å². The Hall–Kier alpha value is -1.03. The van der Waals surface area contributed by atoms with E-state index in [4.69, 9.17) is 9.47 Å². The maximum Gasteiger partial charge on any atom is 0.166 e. The fraction of sp³-hybridized carbons (Fsp3) is 0.417. The molecule has 0 saturated heterocycles. The lowest BCUT2D eigenvalue weighted by Gasteiger charge is -2.11. The first kappa shape index (κ1) is 13.0. The van der Waals surface area contributed by atoms with E-state index >= 15 is 0 Å². The van der Waals surface area contributed by atoms with Gasteiger partial charge in [-0.2, -0.15) is 0 Å². The van der Waals surface area contributed by atoms with Crippen molar-refractivity contribution in [2.45, 2.75) is 19.8 Å². The minimum absolute atomic E-state index is 0.0742. The summed E-state index contributed by atoms with van der Waals surface area (Å²) in [5, 5.41) is 0. The van der Waals surface area contributed by atoms with Crippen LogP contribution in [0, 0.1) is 0 Å². The number of halogens is 1. The Balaban J connectivity index is 3.19. The third-order valence-corrected chi connectivity index (χ3v) is 2.87. The Labute approximate surface area is 104 Å². The summed E-state index contributed by atoms with van der Waals surface area (Å²) in [5.41, 5.74) is 0.574. The number of hydrogen-bond acceptors (Lipinski definition) is 3. The van der Waals surface area contributed by atoms with Crippen LogP contribution in [0.4, 0.5) is 0 Å². The van der Waals surface area contributed by atoms with E-state index in [-0.39, 0.29) is 5.78 Å². The van der Waals surface area contributed by atoms with E-state index in [9.17, 15) is 4.79 Å². The smallest absolute Gasteiger partial charge is 0.166 e. The van der Waals surface area contributed by atoms with Gasteiger partial charge in [0.1, 0.15) is 11.5 Å². The van der Waals surface area contributed by atoms with Crippen molar-refractivity contribution >= 4 is 21.7 Å². The predicted molar refractivity (Wildman–Crippen MR) is 66.5 cm³/mol. The number of carbonyl (C=O) groups excluding carboxylic acids is 1. The van der Waals surface area contributed by atoms with Gasteiger partial charge in [0.15, 0.2) is 5.78 Å². The van der Waals surface area contributed by atoms with E-state index in [1.165, 1.54) is 0 Å². The fourth-order valence-electron chi connectivity index (χ4n) is 1.44. The van der Waals surface area contributed by atoms with Crippen molar-refractivity contribution in [1.82, 2.24) is 0 Å². The van der Waals surface area contributed by atoms with Crippen molar-refractivity contribution in [3.8, 4) is 11.5 Å². The summed E-state index contributed by atoms with van der Waals surface area (Å²) in [5.74, 6) is 1.29. The number of carbonyl (C=O) groups is 1. The average Bonchev–Trinajstić information content (AvgIpc) is 2.28. The van der Waals surface area contributed by atoms with Gasteiger partial charge in [-0.3, -0.25) is 4.79 Å². The molecule has 4 heteroatoms. The van der Waals surface area contributed by atoms with Crippen molar-refractivity contribution in [3.63, 3.8) is 0 Å². The molecule has 0 aliphatic heterocycles. The molecule has 0 heterocycles. The summed E-state index contributed by atoms with van der Waals surface area (Å²) in [6.45, 7) is 1.97. The van der Waals surface area contributed by atoms with E-state index in [1.807, 2.05) is 6.92 Å². The molecule has 0 bridgehead atoms. The van der Waals surface area contributed by atoms with Gasteiger partial charge in [0.05, 0.1) is 24.3 Å². The van der Waals surface area contributed by atoms with E-state index in [2.05, 4.69) is 15.9 Å². The van der Waals surface area contributed by atoms with Crippen LogP contribution in [0.15, 0.2) is 16.6 Å². The van der Waals surface area contributed by atoms with Crippen molar-refractivity contribution in [2.75, 3.05) is 14.2 Å². The summed E-state index contributed by atoms with van der Waals surface area (Å²) in [7, 11) is 3.12. The summed E-state index contributed by atoms with van der Waals surface area (Å²) in [6.07, 6.45) is 1.33. The second-order valence-electron chi connectivity index (χ2n) is 3.36. The highest BCUT2D eigenvalue weighted by atomic mass is 79.9. The highest BCUT2D eigenvalue weighted by Crippen LogP contribution is 2.33. The Kier molecular flexibility index (Phi) is 4.80. The zero-order valence-corrected chi connectivity index (χ0v) is 11.3. The molecule has 3 nitrogen and oxygen atoms in total. The monoisotopic (exact) mass is 286 g/mol. The van der Waals surface area contributed by atoms with Crippen LogP contribution in [0.1, 0.15) is 30.1 Å². The van der Waals surface area contributed by atoms with Crippen molar-refractivity contribution in [3.05, 3.63) is 22.2 Å². The molecule has 0 aromatic heterocycles. The van der Waals surface area contributed by atoms with Crippen LogP contribution >= 0.6 is 15.9 Å². The van der Waals surface area contributed by atoms with Crippen LogP contribution in [0.3, 0.4) is 0 Å². The predicted octanol–water partition coefficient (Wildman–Crippen LogP) is 3.45. The normalized spacial score (nSPS) is 10.0. The molecule has 0 spiro atoms. The van der Waals surface area contributed by atoms with Gasteiger partial charge in [0.2, 0.25) is 0 Å². The van der Waals surface area contributed by atoms with E-state index in [0.29, 0.717) is 23.5 Å². The SMILES string of the molecule is CCCC(=O)c1cc(OC)c(Br)cc1OC. The number of hydrogen-bond donors (Lipinski definition) is 0. The summed E-state index contributed by atoms with van der Waals surface area (Å²) in [4.78, 5) is 11.9. The molecular weight excluding hydrogens is 272 g/mol. The number of ketones is 1. The number of methoxy groups -OCH3 is 2. The highest BCUT2D eigenvalue weighted by Gasteiger charge is 2.15. The third kappa shape index (κ3) is 2.76. The molecule has 0 N–H and O–H groups in total. The standard InChI is InChI=1S/C12H15BrO3/c1-4-5-10(14)8-6-12(16-3)9(13)7-11(8)15-2/h6-7H,4-5H2,1-3H3. The molecule has 1 aromatic rings. The lowest BCUT2D eigenvalue weighted by molar-refractivity contribution is 0.0978. The molecule has 0 amide bonds. The Morgan fingerprint density at radius 2 is 1.88 bits per heavy atom. The maximum atomic E-state index is 11.9. The minimum atomic E-state index is 0.0742. The first-order valence-corrected chi connectivity index (χ1v) is 5.88. The minimum Gasteiger partial charge on any atom is -0.496 e. The van der Waals surface area contributed by atoms with Gasteiger partial charge in [-0.1, -0.05) is 6.92 Å². The summed E-state index contributed by atoms with van der Waals surface area (Å²) >= 11 is 3.35. The number of rotatable bonds is 5.